The van der Waals surface area contributed by atoms with Gasteiger partial charge in [-0.25, -0.2) is 0 Å². The van der Waals surface area contributed by atoms with Crippen LogP contribution in [-0.4, -0.2) is 56.2 Å². The van der Waals surface area contributed by atoms with Crippen LogP contribution in [0.5, 0.6) is 0 Å². The van der Waals surface area contributed by atoms with Crippen LogP contribution in [0.2, 0.25) is 0 Å². The minimum absolute atomic E-state index is 0.0317. The van der Waals surface area contributed by atoms with Gasteiger partial charge in [-0.1, -0.05) is 30.3 Å². The van der Waals surface area contributed by atoms with Crippen LogP contribution in [0, 0.1) is 11.8 Å². The summed E-state index contributed by atoms with van der Waals surface area (Å²) in [6, 6.07) is 9.50. The normalized spacial score (nSPS) is 21.1. The van der Waals surface area contributed by atoms with E-state index >= 15 is 0 Å². The standard InChI is InChI=1S/C22H35N3O2/c23-21(16-19-4-2-1-3-5-19)22(26)24-11-6-18-7-12-25(13-8-18)17-20-9-14-27-15-10-20/h1-5,18,20-21H,6-17,23H2,(H,24,26)/t21-/m1/s1. The zero-order valence-corrected chi connectivity index (χ0v) is 16.4. The van der Waals surface area contributed by atoms with E-state index in [1.54, 1.807) is 0 Å². The summed E-state index contributed by atoms with van der Waals surface area (Å²) >= 11 is 0. The number of piperidine rings is 1. The molecule has 2 fully saturated rings. The van der Waals surface area contributed by atoms with E-state index in [9.17, 15) is 4.79 Å². The summed E-state index contributed by atoms with van der Waals surface area (Å²) in [5.41, 5.74) is 7.16. The summed E-state index contributed by atoms with van der Waals surface area (Å²) < 4.78 is 5.46. The van der Waals surface area contributed by atoms with Crippen LogP contribution in [0.4, 0.5) is 0 Å². The highest BCUT2D eigenvalue weighted by molar-refractivity contribution is 5.81. The largest absolute Gasteiger partial charge is 0.381 e. The Balaban J connectivity index is 1.28. The van der Waals surface area contributed by atoms with E-state index in [2.05, 4.69) is 10.2 Å². The third-order valence-electron chi connectivity index (χ3n) is 6.05. The van der Waals surface area contributed by atoms with Gasteiger partial charge in [0.05, 0.1) is 6.04 Å². The number of amides is 1. The molecule has 1 aromatic rings. The molecule has 3 rings (SSSR count). The number of nitrogens with one attached hydrogen (secondary N) is 1. The van der Waals surface area contributed by atoms with Crippen molar-refractivity contribution in [1.29, 1.82) is 0 Å². The molecule has 150 valence electrons. The van der Waals surface area contributed by atoms with E-state index in [-0.39, 0.29) is 5.91 Å². The monoisotopic (exact) mass is 373 g/mol. The van der Waals surface area contributed by atoms with Gasteiger partial charge in [0.15, 0.2) is 0 Å². The van der Waals surface area contributed by atoms with E-state index in [4.69, 9.17) is 10.5 Å². The number of nitrogens with zero attached hydrogens (tertiary/aromatic N) is 1. The lowest BCUT2D eigenvalue weighted by Gasteiger charge is -2.35. The summed E-state index contributed by atoms with van der Waals surface area (Å²) in [5, 5.41) is 3.04. The lowest BCUT2D eigenvalue weighted by Crippen LogP contribution is -2.43. The van der Waals surface area contributed by atoms with Gasteiger partial charge in [0.25, 0.3) is 0 Å². The molecule has 1 aromatic carbocycles. The number of ether oxygens (including phenoxy) is 1. The first-order valence-corrected chi connectivity index (χ1v) is 10.6. The van der Waals surface area contributed by atoms with Crippen LogP contribution < -0.4 is 11.1 Å². The third-order valence-corrected chi connectivity index (χ3v) is 6.05. The van der Waals surface area contributed by atoms with Crippen molar-refractivity contribution in [3.8, 4) is 0 Å². The number of carbonyl (C=O) groups is 1. The van der Waals surface area contributed by atoms with Crippen LogP contribution in [0.3, 0.4) is 0 Å². The fourth-order valence-electron chi connectivity index (χ4n) is 4.24. The van der Waals surface area contributed by atoms with Crippen LogP contribution in [0.1, 0.15) is 37.7 Å². The van der Waals surface area contributed by atoms with Gasteiger partial charge in [0.1, 0.15) is 0 Å². The predicted molar refractivity (Wildman–Crippen MR) is 108 cm³/mol. The molecule has 0 saturated carbocycles. The number of rotatable bonds is 8. The Morgan fingerprint density at radius 2 is 1.81 bits per heavy atom. The molecule has 0 radical (unpaired) electrons. The van der Waals surface area contributed by atoms with Crippen molar-refractivity contribution >= 4 is 5.91 Å². The summed E-state index contributed by atoms with van der Waals surface area (Å²) in [7, 11) is 0. The van der Waals surface area contributed by atoms with E-state index in [0.717, 1.165) is 43.6 Å². The van der Waals surface area contributed by atoms with Gasteiger partial charge in [-0.2, -0.15) is 0 Å². The molecule has 0 bridgehead atoms. The summed E-state index contributed by atoms with van der Waals surface area (Å²) in [6.07, 6.45) is 6.58. The quantitative estimate of drug-likeness (QED) is 0.733. The zero-order valence-electron chi connectivity index (χ0n) is 16.4. The smallest absolute Gasteiger partial charge is 0.237 e. The summed E-state index contributed by atoms with van der Waals surface area (Å²) in [4.78, 5) is 14.8. The summed E-state index contributed by atoms with van der Waals surface area (Å²) in [5.74, 6) is 1.51. The number of nitrogens with two attached hydrogens (primary N) is 1. The minimum Gasteiger partial charge on any atom is -0.381 e. The second kappa shape index (κ2) is 10.8. The molecule has 2 aliphatic rings. The average molecular weight is 374 g/mol. The zero-order chi connectivity index (χ0) is 18.9. The fraction of sp³-hybridized carbons (Fsp3) is 0.682. The van der Waals surface area contributed by atoms with Gasteiger partial charge < -0.3 is 20.7 Å². The molecule has 2 heterocycles. The van der Waals surface area contributed by atoms with Crippen molar-refractivity contribution in [2.24, 2.45) is 17.6 Å². The summed E-state index contributed by atoms with van der Waals surface area (Å²) in [6.45, 7) is 6.25. The van der Waals surface area contributed by atoms with Gasteiger partial charge >= 0.3 is 0 Å². The molecular weight excluding hydrogens is 338 g/mol. The van der Waals surface area contributed by atoms with Gasteiger partial charge in [0.2, 0.25) is 5.91 Å². The van der Waals surface area contributed by atoms with Crippen molar-refractivity contribution in [3.63, 3.8) is 0 Å². The fourth-order valence-corrected chi connectivity index (χ4v) is 4.24. The first kappa shape index (κ1) is 20.3. The van der Waals surface area contributed by atoms with Crippen molar-refractivity contribution in [3.05, 3.63) is 35.9 Å². The van der Waals surface area contributed by atoms with E-state index in [1.807, 2.05) is 30.3 Å². The highest BCUT2D eigenvalue weighted by atomic mass is 16.5. The number of hydrogen-bond donors (Lipinski definition) is 2. The minimum atomic E-state index is -0.464. The van der Waals surface area contributed by atoms with Crippen molar-refractivity contribution < 1.29 is 9.53 Å². The second-order valence-corrected chi connectivity index (χ2v) is 8.18. The van der Waals surface area contributed by atoms with Crippen LogP contribution in [0.15, 0.2) is 30.3 Å². The van der Waals surface area contributed by atoms with Gasteiger partial charge in [0, 0.05) is 26.3 Å². The maximum Gasteiger partial charge on any atom is 0.237 e. The van der Waals surface area contributed by atoms with E-state index in [1.165, 1.54) is 45.3 Å². The first-order chi connectivity index (χ1) is 13.2. The lowest BCUT2D eigenvalue weighted by atomic mass is 9.92. The number of hydrogen-bond acceptors (Lipinski definition) is 4. The Morgan fingerprint density at radius 3 is 2.52 bits per heavy atom. The van der Waals surface area contributed by atoms with Gasteiger partial charge in [-0.3, -0.25) is 4.79 Å². The van der Waals surface area contributed by atoms with Crippen molar-refractivity contribution in [1.82, 2.24) is 10.2 Å². The molecule has 0 unspecified atom stereocenters. The topological polar surface area (TPSA) is 67.6 Å². The Kier molecular flexibility index (Phi) is 8.11. The SMILES string of the molecule is N[C@H](Cc1ccccc1)C(=O)NCCC1CCN(CC2CCOCC2)CC1. The molecule has 1 amide bonds. The molecule has 0 spiro atoms. The second-order valence-electron chi connectivity index (χ2n) is 8.18. The Labute approximate surface area is 163 Å². The highest BCUT2D eigenvalue weighted by Crippen LogP contribution is 2.23. The molecule has 5 nitrogen and oxygen atoms in total. The van der Waals surface area contributed by atoms with E-state index in [0.29, 0.717) is 6.42 Å². The Bertz CT molecular complexity index is 552. The molecule has 3 N–H and O–H groups in total. The average Bonchev–Trinajstić information content (AvgIpc) is 2.71. The molecule has 1 atom stereocenters. The molecule has 2 saturated heterocycles. The lowest BCUT2D eigenvalue weighted by molar-refractivity contribution is -0.122. The van der Waals surface area contributed by atoms with Crippen molar-refractivity contribution in [2.75, 3.05) is 39.4 Å². The number of benzene rings is 1. The number of likely N-dealkylation sites (tertiary alicyclic amines) is 1. The van der Waals surface area contributed by atoms with E-state index < -0.39 is 6.04 Å². The van der Waals surface area contributed by atoms with Crippen LogP contribution in [-0.2, 0) is 16.0 Å². The number of carbonyl (C=O) groups excluding carboxylic acids is 1. The molecular formula is C22H35N3O2. The van der Waals surface area contributed by atoms with Crippen LogP contribution in [0.25, 0.3) is 0 Å². The predicted octanol–water partition coefficient (Wildman–Crippen LogP) is 2.20. The first-order valence-electron chi connectivity index (χ1n) is 10.6. The maximum atomic E-state index is 12.2. The maximum absolute atomic E-state index is 12.2. The molecule has 0 aliphatic carbocycles. The molecule has 0 aromatic heterocycles. The third kappa shape index (κ3) is 6.91. The molecule has 2 aliphatic heterocycles. The Morgan fingerprint density at radius 1 is 1.11 bits per heavy atom. The molecule has 5 heteroatoms. The highest BCUT2D eigenvalue weighted by Gasteiger charge is 2.23. The van der Waals surface area contributed by atoms with Gasteiger partial charge in [-0.15, -0.1) is 0 Å². The Hall–Kier alpha value is -1.43. The van der Waals surface area contributed by atoms with Gasteiger partial charge in [-0.05, 0) is 69.0 Å². The molecule has 27 heavy (non-hydrogen) atoms. The van der Waals surface area contributed by atoms with Crippen molar-refractivity contribution in [2.45, 2.75) is 44.6 Å². The van der Waals surface area contributed by atoms with Crippen LogP contribution >= 0.6 is 0 Å².